The maximum Gasteiger partial charge on any atom is 0.320 e. The molecule has 0 aromatic carbocycles. The fourth-order valence-electron chi connectivity index (χ4n) is 2.99. The first-order valence-electron chi connectivity index (χ1n) is 6.54. The number of fused-ring (bicyclic) bond motifs is 1. The van der Waals surface area contributed by atoms with Crippen LogP contribution < -0.4 is 5.73 Å². The van der Waals surface area contributed by atoms with E-state index >= 15 is 0 Å². The van der Waals surface area contributed by atoms with E-state index in [-0.39, 0.29) is 0 Å². The molecule has 3 N–H and O–H groups in total. The minimum Gasteiger partial charge on any atom is -0.480 e. The molecule has 0 aromatic heterocycles. The first kappa shape index (κ1) is 12.8. The Morgan fingerprint density at radius 2 is 2.29 bits per heavy atom. The van der Waals surface area contributed by atoms with Gasteiger partial charge in [-0.05, 0) is 32.7 Å². The molecule has 2 saturated heterocycles. The maximum atomic E-state index is 10.7. The van der Waals surface area contributed by atoms with E-state index < -0.39 is 12.0 Å². The molecule has 0 saturated carbocycles. The summed E-state index contributed by atoms with van der Waals surface area (Å²) in [5.41, 5.74) is 5.55. The summed E-state index contributed by atoms with van der Waals surface area (Å²) in [7, 11) is 0. The summed E-state index contributed by atoms with van der Waals surface area (Å²) in [5.74, 6) is -0.892. The minimum absolute atomic E-state index is 0.519. The van der Waals surface area contributed by atoms with Gasteiger partial charge >= 0.3 is 5.97 Å². The molecule has 2 aliphatic rings. The third kappa shape index (κ3) is 2.97. The van der Waals surface area contributed by atoms with Crippen LogP contribution >= 0.6 is 0 Å². The van der Waals surface area contributed by atoms with Crippen molar-refractivity contribution in [3.8, 4) is 0 Å². The van der Waals surface area contributed by atoms with Gasteiger partial charge in [-0.25, -0.2) is 0 Å². The van der Waals surface area contributed by atoms with Gasteiger partial charge < -0.3 is 10.8 Å². The molecule has 5 nitrogen and oxygen atoms in total. The van der Waals surface area contributed by atoms with E-state index in [1.807, 2.05) is 0 Å². The predicted molar refractivity (Wildman–Crippen MR) is 65.9 cm³/mol. The molecular weight excluding hydrogens is 218 g/mol. The number of hydrogen-bond donors (Lipinski definition) is 2. The summed E-state index contributed by atoms with van der Waals surface area (Å²) in [4.78, 5) is 15.7. The highest BCUT2D eigenvalue weighted by molar-refractivity contribution is 5.72. The van der Waals surface area contributed by atoms with Gasteiger partial charge in [0.1, 0.15) is 6.04 Å². The van der Waals surface area contributed by atoms with Gasteiger partial charge in [0.05, 0.1) is 0 Å². The van der Waals surface area contributed by atoms with E-state index in [4.69, 9.17) is 10.8 Å². The highest BCUT2D eigenvalue weighted by Gasteiger charge is 2.34. The molecule has 2 aliphatic heterocycles. The van der Waals surface area contributed by atoms with Crippen molar-refractivity contribution in [2.45, 2.75) is 44.3 Å². The van der Waals surface area contributed by atoms with E-state index in [0.29, 0.717) is 18.5 Å². The van der Waals surface area contributed by atoms with Crippen molar-refractivity contribution in [2.75, 3.05) is 26.2 Å². The van der Waals surface area contributed by atoms with Crippen LogP contribution in [0.3, 0.4) is 0 Å². The monoisotopic (exact) mass is 241 g/mol. The topological polar surface area (TPSA) is 69.8 Å². The van der Waals surface area contributed by atoms with Crippen molar-refractivity contribution < 1.29 is 9.90 Å². The fraction of sp³-hybridized carbons (Fsp3) is 0.917. The number of carboxylic acids is 1. The zero-order valence-electron chi connectivity index (χ0n) is 10.5. The van der Waals surface area contributed by atoms with E-state index in [1.54, 1.807) is 0 Å². The van der Waals surface area contributed by atoms with Crippen LogP contribution in [0.25, 0.3) is 0 Å². The normalized spacial score (nSPS) is 32.4. The van der Waals surface area contributed by atoms with Gasteiger partial charge in [-0.2, -0.15) is 0 Å². The molecule has 3 unspecified atom stereocenters. The van der Waals surface area contributed by atoms with E-state index in [1.165, 1.54) is 19.4 Å². The third-order valence-electron chi connectivity index (χ3n) is 4.11. The lowest BCUT2D eigenvalue weighted by Crippen LogP contribution is -2.55. The first-order valence-corrected chi connectivity index (χ1v) is 6.54. The lowest BCUT2D eigenvalue weighted by molar-refractivity contribution is -0.138. The number of aliphatic carboxylic acids is 1. The van der Waals surface area contributed by atoms with Gasteiger partial charge in [-0.15, -0.1) is 0 Å². The summed E-state index contributed by atoms with van der Waals surface area (Å²) in [5, 5.41) is 8.78. The summed E-state index contributed by atoms with van der Waals surface area (Å²) >= 11 is 0. The van der Waals surface area contributed by atoms with Crippen molar-refractivity contribution >= 4 is 5.97 Å². The smallest absolute Gasteiger partial charge is 0.320 e. The van der Waals surface area contributed by atoms with Crippen molar-refractivity contribution in [2.24, 2.45) is 5.73 Å². The Kier molecular flexibility index (Phi) is 4.01. The van der Waals surface area contributed by atoms with Gasteiger partial charge in [0, 0.05) is 31.7 Å². The highest BCUT2D eigenvalue weighted by atomic mass is 16.4. The summed E-state index contributed by atoms with van der Waals surface area (Å²) in [6.45, 7) is 6.46. The van der Waals surface area contributed by atoms with Crippen molar-refractivity contribution in [3.05, 3.63) is 0 Å². The van der Waals surface area contributed by atoms with Crippen LogP contribution in [0.15, 0.2) is 0 Å². The maximum absolute atomic E-state index is 10.7. The average molecular weight is 241 g/mol. The summed E-state index contributed by atoms with van der Waals surface area (Å²) in [6, 6.07) is 0.487. The summed E-state index contributed by atoms with van der Waals surface area (Å²) in [6.07, 6.45) is 3.14. The molecular formula is C12H23N3O2. The second kappa shape index (κ2) is 5.33. The molecule has 0 bridgehead atoms. The fourth-order valence-corrected chi connectivity index (χ4v) is 2.99. The number of carbonyl (C=O) groups is 1. The number of nitrogens with zero attached hydrogens (tertiary/aromatic N) is 2. The molecule has 0 amide bonds. The van der Waals surface area contributed by atoms with Gasteiger partial charge in [0.15, 0.2) is 0 Å². The highest BCUT2D eigenvalue weighted by Crippen LogP contribution is 2.24. The van der Waals surface area contributed by atoms with Crippen molar-refractivity contribution in [1.29, 1.82) is 0 Å². The standard InChI is InChI=1S/C12H23N3O2/c1-9-7-15-5-2-3-10(15)8-14(9)6-4-11(13)12(16)17/h9-11H,2-8,13H2,1H3,(H,16,17). The number of hydrogen-bond acceptors (Lipinski definition) is 4. The molecule has 2 fully saturated rings. The molecule has 5 heteroatoms. The van der Waals surface area contributed by atoms with E-state index in [9.17, 15) is 4.79 Å². The van der Waals surface area contributed by atoms with Crippen LogP contribution in [0.1, 0.15) is 26.2 Å². The Balaban J connectivity index is 1.82. The second-order valence-electron chi connectivity index (χ2n) is 5.37. The molecule has 0 aliphatic carbocycles. The van der Waals surface area contributed by atoms with Crippen molar-refractivity contribution in [3.63, 3.8) is 0 Å². The molecule has 0 spiro atoms. The zero-order valence-corrected chi connectivity index (χ0v) is 10.5. The average Bonchev–Trinajstić information content (AvgIpc) is 2.72. The molecule has 17 heavy (non-hydrogen) atoms. The second-order valence-corrected chi connectivity index (χ2v) is 5.37. The largest absolute Gasteiger partial charge is 0.480 e. The van der Waals surface area contributed by atoms with Gasteiger partial charge in [-0.1, -0.05) is 0 Å². The molecule has 2 rings (SSSR count). The van der Waals surface area contributed by atoms with E-state index in [2.05, 4.69) is 16.7 Å². The number of piperazine rings is 1. The number of carboxylic acid groups (broad SMARTS) is 1. The molecule has 3 atom stereocenters. The Morgan fingerprint density at radius 3 is 3.00 bits per heavy atom. The van der Waals surface area contributed by atoms with Crippen LogP contribution in [-0.4, -0.2) is 65.2 Å². The lowest BCUT2D eigenvalue weighted by atomic mass is 10.1. The zero-order chi connectivity index (χ0) is 12.4. The quantitative estimate of drug-likeness (QED) is 0.722. The van der Waals surface area contributed by atoms with Crippen molar-refractivity contribution in [1.82, 2.24) is 9.80 Å². The van der Waals surface area contributed by atoms with Gasteiger partial charge in [0.25, 0.3) is 0 Å². The SMILES string of the molecule is CC1CN2CCCC2CN1CCC(N)C(=O)O. The Bertz CT molecular complexity index is 285. The van der Waals surface area contributed by atoms with Crippen LogP contribution in [0, 0.1) is 0 Å². The number of rotatable bonds is 4. The first-order chi connectivity index (χ1) is 8.08. The molecule has 0 aromatic rings. The Morgan fingerprint density at radius 1 is 1.53 bits per heavy atom. The summed E-state index contributed by atoms with van der Waals surface area (Å²) < 4.78 is 0. The Labute approximate surface area is 103 Å². The van der Waals surface area contributed by atoms with Crippen LogP contribution in [0.2, 0.25) is 0 Å². The predicted octanol–water partition coefficient (Wildman–Crippen LogP) is -0.0431. The number of nitrogens with two attached hydrogens (primary N) is 1. The lowest BCUT2D eigenvalue weighted by Gasteiger charge is -2.42. The van der Waals surface area contributed by atoms with Gasteiger partial charge in [-0.3, -0.25) is 14.6 Å². The van der Waals surface area contributed by atoms with E-state index in [0.717, 1.165) is 19.6 Å². The van der Waals surface area contributed by atoms with Crippen LogP contribution in [0.4, 0.5) is 0 Å². The molecule has 98 valence electrons. The van der Waals surface area contributed by atoms with Crippen LogP contribution in [0.5, 0.6) is 0 Å². The molecule has 0 radical (unpaired) electrons. The van der Waals surface area contributed by atoms with Gasteiger partial charge in [0.2, 0.25) is 0 Å². The van der Waals surface area contributed by atoms with Crippen LogP contribution in [-0.2, 0) is 4.79 Å². The minimum atomic E-state index is -0.892. The third-order valence-corrected chi connectivity index (χ3v) is 4.11. The molecule has 2 heterocycles. The Hall–Kier alpha value is -0.650.